The Balaban J connectivity index is 2.58. The molecule has 0 bridgehead atoms. The first kappa shape index (κ1) is 15.1. The van der Waals surface area contributed by atoms with Crippen LogP contribution in [0.2, 0.25) is 0 Å². The van der Waals surface area contributed by atoms with Crippen molar-refractivity contribution in [1.29, 1.82) is 0 Å². The quantitative estimate of drug-likeness (QED) is 0.662. The van der Waals surface area contributed by atoms with E-state index in [1.807, 2.05) is 6.92 Å². The molecule has 0 saturated carbocycles. The van der Waals surface area contributed by atoms with Gasteiger partial charge in [-0.15, -0.1) is 0 Å². The van der Waals surface area contributed by atoms with E-state index < -0.39 is 17.7 Å². The van der Waals surface area contributed by atoms with Crippen molar-refractivity contribution in [2.45, 2.75) is 26.4 Å². The maximum Gasteiger partial charge on any atom is 0.131 e. The Morgan fingerprint density at radius 2 is 2.10 bits per heavy atom. The van der Waals surface area contributed by atoms with Gasteiger partial charge >= 0.3 is 0 Å². The minimum absolute atomic E-state index is 0.280. The van der Waals surface area contributed by atoms with Gasteiger partial charge in [-0.05, 0) is 41.4 Å². The van der Waals surface area contributed by atoms with Crippen molar-refractivity contribution < 1.29 is 8.78 Å². The molecule has 0 aliphatic heterocycles. The van der Waals surface area contributed by atoms with Gasteiger partial charge in [0.25, 0.3) is 0 Å². The van der Waals surface area contributed by atoms with Gasteiger partial charge in [-0.25, -0.2) is 14.2 Å². The van der Waals surface area contributed by atoms with E-state index >= 15 is 0 Å². The van der Waals surface area contributed by atoms with E-state index in [1.54, 1.807) is 17.8 Å². The molecular weight excluding hydrogens is 330 g/mol. The molecule has 1 aromatic carbocycles. The lowest BCUT2D eigenvalue weighted by atomic mass is 10.0. The molecule has 4 nitrogen and oxygen atoms in total. The number of benzene rings is 1. The van der Waals surface area contributed by atoms with Crippen LogP contribution in [0.3, 0.4) is 0 Å². The molecule has 20 heavy (non-hydrogen) atoms. The molecule has 3 N–H and O–H groups in total. The number of hydrogen-bond donors (Lipinski definition) is 2. The lowest BCUT2D eigenvalue weighted by Gasteiger charge is -2.19. The van der Waals surface area contributed by atoms with Gasteiger partial charge in [0.1, 0.15) is 11.6 Å². The zero-order chi connectivity index (χ0) is 14.9. The molecule has 0 radical (unpaired) electrons. The van der Waals surface area contributed by atoms with Crippen LogP contribution in [-0.4, -0.2) is 9.78 Å². The minimum atomic E-state index is -0.646. The standard InChI is InChI=1S/C13H15BrF2N4/c1-3-20-13(9(14)6-18-20)12(19-17)8-4-7(2)10(15)5-11(8)16/h4-6,12,19H,3,17H2,1-2H3. The fourth-order valence-electron chi connectivity index (χ4n) is 2.13. The van der Waals surface area contributed by atoms with Crippen molar-refractivity contribution in [3.8, 4) is 0 Å². The van der Waals surface area contributed by atoms with Crippen LogP contribution in [0.5, 0.6) is 0 Å². The summed E-state index contributed by atoms with van der Waals surface area (Å²) in [5.74, 6) is 4.35. The van der Waals surface area contributed by atoms with E-state index in [4.69, 9.17) is 5.84 Å². The number of aryl methyl sites for hydroxylation is 2. The van der Waals surface area contributed by atoms with E-state index in [0.29, 0.717) is 22.3 Å². The molecule has 108 valence electrons. The summed E-state index contributed by atoms with van der Waals surface area (Å²) in [4.78, 5) is 0. The molecule has 7 heteroatoms. The van der Waals surface area contributed by atoms with Crippen molar-refractivity contribution in [1.82, 2.24) is 15.2 Å². The van der Waals surface area contributed by atoms with E-state index in [1.165, 1.54) is 6.07 Å². The molecule has 1 unspecified atom stereocenters. The van der Waals surface area contributed by atoms with Crippen LogP contribution in [-0.2, 0) is 6.54 Å². The summed E-state index contributed by atoms with van der Waals surface area (Å²) < 4.78 is 29.8. The maximum absolute atomic E-state index is 14.0. The second kappa shape index (κ2) is 5.99. The monoisotopic (exact) mass is 344 g/mol. The van der Waals surface area contributed by atoms with E-state index in [0.717, 1.165) is 6.07 Å². The Labute approximate surface area is 124 Å². The second-order valence-corrected chi connectivity index (χ2v) is 5.27. The number of aromatic nitrogens is 2. The topological polar surface area (TPSA) is 55.9 Å². The molecule has 0 fully saturated rings. The number of hydrazine groups is 1. The molecule has 0 amide bonds. The van der Waals surface area contributed by atoms with Crippen LogP contribution in [0.1, 0.15) is 29.8 Å². The van der Waals surface area contributed by atoms with Gasteiger partial charge < -0.3 is 0 Å². The smallest absolute Gasteiger partial charge is 0.131 e. The first-order valence-corrected chi connectivity index (χ1v) is 6.91. The van der Waals surface area contributed by atoms with Gasteiger partial charge in [-0.2, -0.15) is 5.10 Å². The average Bonchev–Trinajstić information content (AvgIpc) is 2.78. The molecule has 2 aromatic rings. The van der Waals surface area contributed by atoms with Crippen LogP contribution in [0.15, 0.2) is 22.8 Å². The zero-order valence-corrected chi connectivity index (χ0v) is 12.7. The fraction of sp³-hybridized carbons (Fsp3) is 0.308. The largest absolute Gasteiger partial charge is 0.271 e. The lowest BCUT2D eigenvalue weighted by molar-refractivity contribution is 0.506. The third kappa shape index (κ3) is 2.61. The van der Waals surface area contributed by atoms with E-state index in [2.05, 4.69) is 26.5 Å². The number of nitrogens with zero attached hydrogens (tertiary/aromatic N) is 2. The predicted octanol–water partition coefficient (Wildman–Crippen LogP) is 2.80. The van der Waals surface area contributed by atoms with Gasteiger partial charge in [0, 0.05) is 18.2 Å². The fourth-order valence-corrected chi connectivity index (χ4v) is 2.65. The third-order valence-corrected chi connectivity index (χ3v) is 3.77. The molecule has 1 aromatic heterocycles. The predicted molar refractivity (Wildman–Crippen MR) is 75.9 cm³/mol. The Morgan fingerprint density at radius 1 is 1.40 bits per heavy atom. The van der Waals surface area contributed by atoms with Crippen LogP contribution >= 0.6 is 15.9 Å². The van der Waals surface area contributed by atoms with Crippen molar-refractivity contribution in [2.75, 3.05) is 0 Å². The summed E-state index contributed by atoms with van der Waals surface area (Å²) in [5.41, 5.74) is 3.91. The lowest BCUT2D eigenvalue weighted by Crippen LogP contribution is -2.31. The normalized spacial score (nSPS) is 12.7. The number of hydrogen-bond acceptors (Lipinski definition) is 3. The highest BCUT2D eigenvalue weighted by Crippen LogP contribution is 2.30. The van der Waals surface area contributed by atoms with Gasteiger partial charge in [-0.1, -0.05) is 0 Å². The van der Waals surface area contributed by atoms with Crippen molar-refractivity contribution >= 4 is 15.9 Å². The molecule has 1 atom stereocenters. The Morgan fingerprint density at radius 3 is 2.70 bits per heavy atom. The SMILES string of the molecule is CCn1ncc(Br)c1C(NN)c1cc(C)c(F)cc1F. The Bertz CT molecular complexity index is 627. The molecule has 1 heterocycles. The summed E-state index contributed by atoms with van der Waals surface area (Å²) in [6.07, 6.45) is 1.62. The summed E-state index contributed by atoms with van der Waals surface area (Å²) in [6.45, 7) is 4.11. The molecule has 0 spiro atoms. The summed E-state index contributed by atoms with van der Waals surface area (Å²) in [7, 11) is 0. The van der Waals surface area contributed by atoms with E-state index in [9.17, 15) is 8.78 Å². The molecule has 0 aliphatic carbocycles. The van der Waals surface area contributed by atoms with Crippen LogP contribution in [0.25, 0.3) is 0 Å². The first-order valence-electron chi connectivity index (χ1n) is 6.12. The maximum atomic E-state index is 14.0. The Kier molecular flexibility index (Phi) is 4.52. The molecule has 0 aliphatic rings. The van der Waals surface area contributed by atoms with Gasteiger partial charge in [0.15, 0.2) is 0 Å². The molecule has 2 rings (SSSR count). The highest BCUT2D eigenvalue weighted by molar-refractivity contribution is 9.10. The zero-order valence-electron chi connectivity index (χ0n) is 11.1. The van der Waals surface area contributed by atoms with Gasteiger partial charge in [0.2, 0.25) is 0 Å². The Hall–Kier alpha value is -1.31. The average molecular weight is 345 g/mol. The minimum Gasteiger partial charge on any atom is -0.271 e. The summed E-state index contributed by atoms with van der Waals surface area (Å²) >= 11 is 3.38. The number of halogens is 3. The summed E-state index contributed by atoms with van der Waals surface area (Å²) in [6, 6.07) is 1.70. The number of nitrogens with two attached hydrogens (primary N) is 1. The van der Waals surface area contributed by atoms with Crippen molar-refractivity contribution in [2.24, 2.45) is 5.84 Å². The number of rotatable bonds is 4. The van der Waals surface area contributed by atoms with Crippen LogP contribution in [0, 0.1) is 18.6 Å². The molecule has 0 saturated heterocycles. The van der Waals surface area contributed by atoms with Crippen molar-refractivity contribution in [3.05, 3.63) is 51.3 Å². The second-order valence-electron chi connectivity index (χ2n) is 4.42. The summed E-state index contributed by atoms with van der Waals surface area (Å²) in [5, 5.41) is 4.18. The first-order chi connectivity index (χ1) is 9.49. The van der Waals surface area contributed by atoms with Gasteiger partial charge in [-0.3, -0.25) is 10.5 Å². The number of nitrogens with one attached hydrogen (secondary N) is 1. The van der Waals surface area contributed by atoms with Crippen LogP contribution in [0.4, 0.5) is 8.78 Å². The highest BCUT2D eigenvalue weighted by atomic mass is 79.9. The van der Waals surface area contributed by atoms with Crippen LogP contribution < -0.4 is 11.3 Å². The highest BCUT2D eigenvalue weighted by Gasteiger charge is 2.24. The van der Waals surface area contributed by atoms with Crippen molar-refractivity contribution in [3.63, 3.8) is 0 Å². The molecular formula is C13H15BrF2N4. The third-order valence-electron chi connectivity index (χ3n) is 3.16. The van der Waals surface area contributed by atoms with E-state index in [-0.39, 0.29) is 5.56 Å². The van der Waals surface area contributed by atoms with Gasteiger partial charge in [0.05, 0.1) is 22.4 Å².